The number of thiol groups is 1. The first-order valence-corrected chi connectivity index (χ1v) is 8.18. The van der Waals surface area contributed by atoms with E-state index in [0.29, 0.717) is 5.75 Å². The highest BCUT2D eigenvalue weighted by Gasteiger charge is 2.52. The summed E-state index contributed by atoms with van der Waals surface area (Å²) in [6, 6.07) is 8.54. The second kappa shape index (κ2) is 6.19. The van der Waals surface area contributed by atoms with Gasteiger partial charge in [0.2, 0.25) is 0 Å². The van der Waals surface area contributed by atoms with Gasteiger partial charge in [0.25, 0.3) is 0 Å². The van der Waals surface area contributed by atoms with Crippen LogP contribution in [0.5, 0.6) is 0 Å². The van der Waals surface area contributed by atoms with Crippen LogP contribution in [0.2, 0.25) is 0 Å². The molecular weight excluding hydrogens is 279 g/mol. The van der Waals surface area contributed by atoms with E-state index in [4.69, 9.17) is 9.31 Å². The molecule has 1 aromatic rings. The van der Waals surface area contributed by atoms with Gasteiger partial charge in [-0.3, -0.25) is 0 Å². The fourth-order valence-corrected chi connectivity index (χ4v) is 2.54. The summed E-state index contributed by atoms with van der Waals surface area (Å²) in [5.74, 6) is 0.618. The Balaban J connectivity index is 2.26. The predicted molar refractivity (Wildman–Crippen MR) is 93.7 cm³/mol. The molecule has 1 saturated heterocycles. The van der Waals surface area contributed by atoms with Gasteiger partial charge in [-0.2, -0.15) is 12.6 Å². The van der Waals surface area contributed by atoms with Gasteiger partial charge in [0.1, 0.15) is 0 Å². The summed E-state index contributed by atoms with van der Waals surface area (Å²) in [5, 5.41) is 0. The summed E-state index contributed by atoms with van der Waals surface area (Å²) < 4.78 is 12.2. The highest BCUT2D eigenvalue weighted by Crippen LogP contribution is 2.39. The van der Waals surface area contributed by atoms with Crippen LogP contribution >= 0.6 is 12.6 Å². The third-order valence-corrected chi connectivity index (χ3v) is 4.82. The van der Waals surface area contributed by atoms with Gasteiger partial charge in [-0.15, -0.1) is 0 Å². The zero-order valence-electron chi connectivity index (χ0n) is 13.6. The van der Waals surface area contributed by atoms with Crippen LogP contribution in [-0.4, -0.2) is 24.1 Å². The van der Waals surface area contributed by atoms with Crippen LogP contribution in [-0.2, 0) is 15.7 Å². The molecule has 0 N–H and O–H groups in total. The first-order chi connectivity index (χ1) is 9.79. The molecule has 1 fully saturated rings. The minimum absolute atomic E-state index is 0.315. The second-order valence-electron chi connectivity index (χ2n) is 6.56. The Morgan fingerprint density at radius 1 is 1.19 bits per heavy atom. The molecule has 1 heterocycles. The monoisotopic (exact) mass is 304 g/mol. The molecule has 114 valence electrons. The Morgan fingerprint density at radius 2 is 1.81 bits per heavy atom. The molecule has 0 radical (unpaired) electrons. The van der Waals surface area contributed by atoms with Crippen LogP contribution in [0, 0.1) is 0 Å². The lowest BCUT2D eigenvalue weighted by Gasteiger charge is -2.32. The van der Waals surface area contributed by atoms with E-state index in [1.165, 1.54) is 11.1 Å². The van der Waals surface area contributed by atoms with Crippen molar-refractivity contribution >= 4 is 25.8 Å². The summed E-state index contributed by atoms with van der Waals surface area (Å²) in [5.41, 5.74) is 2.94. The Bertz CT molecular complexity index is 521. The summed E-state index contributed by atoms with van der Waals surface area (Å²) in [4.78, 5) is 0. The zero-order chi connectivity index (χ0) is 15.7. The van der Waals surface area contributed by atoms with E-state index in [1.54, 1.807) is 0 Å². The molecule has 2 rings (SSSR count). The largest absolute Gasteiger partial charge is 0.491 e. The van der Waals surface area contributed by atoms with Crippen molar-refractivity contribution in [2.75, 3.05) is 5.75 Å². The molecule has 0 aliphatic carbocycles. The van der Waals surface area contributed by atoms with Gasteiger partial charge in [-0.25, -0.2) is 0 Å². The summed E-state index contributed by atoms with van der Waals surface area (Å²) in [7, 11) is -0.321. The maximum atomic E-state index is 6.11. The second-order valence-corrected chi connectivity index (χ2v) is 6.88. The van der Waals surface area contributed by atoms with E-state index in [2.05, 4.69) is 77.6 Å². The van der Waals surface area contributed by atoms with Crippen molar-refractivity contribution < 1.29 is 9.31 Å². The first-order valence-electron chi connectivity index (χ1n) is 7.55. The minimum atomic E-state index is -0.321. The Labute approximate surface area is 134 Å². The molecule has 0 saturated carbocycles. The lowest BCUT2D eigenvalue weighted by Crippen LogP contribution is -2.41. The third kappa shape index (κ3) is 3.55. The topological polar surface area (TPSA) is 18.5 Å². The van der Waals surface area contributed by atoms with Gasteiger partial charge in [-0.05, 0) is 50.7 Å². The summed E-state index contributed by atoms with van der Waals surface area (Å²) in [6.45, 7) is 10.4. The molecule has 4 heteroatoms. The van der Waals surface area contributed by atoms with Crippen molar-refractivity contribution in [1.29, 1.82) is 0 Å². The molecule has 0 spiro atoms. The molecular formula is C17H25BO2S. The molecule has 1 aliphatic heterocycles. The fraction of sp³-hybridized carbons (Fsp3) is 0.529. The predicted octanol–water partition coefficient (Wildman–Crippen LogP) is 4.19. The van der Waals surface area contributed by atoms with E-state index in [1.807, 2.05) is 0 Å². The van der Waals surface area contributed by atoms with Crippen LogP contribution < -0.4 is 0 Å². The normalized spacial score (nSPS) is 20.9. The number of aryl methyl sites for hydroxylation is 1. The first kappa shape index (κ1) is 16.7. The van der Waals surface area contributed by atoms with Crippen molar-refractivity contribution in [3.63, 3.8) is 0 Å². The van der Waals surface area contributed by atoms with Crippen molar-refractivity contribution in [2.45, 2.75) is 52.2 Å². The van der Waals surface area contributed by atoms with Crippen LogP contribution in [0.25, 0.3) is 6.08 Å². The molecule has 1 aliphatic rings. The number of rotatable bonds is 4. The van der Waals surface area contributed by atoms with E-state index in [-0.39, 0.29) is 18.3 Å². The van der Waals surface area contributed by atoms with Crippen molar-refractivity contribution in [3.8, 4) is 0 Å². The van der Waals surface area contributed by atoms with Gasteiger partial charge < -0.3 is 9.31 Å². The quantitative estimate of drug-likeness (QED) is 0.664. The maximum Gasteiger partial charge on any atom is 0.491 e. The molecule has 2 nitrogen and oxygen atoms in total. The molecule has 0 atom stereocenters. The van der Waals surface area contributed by atoms with Gasteiger partial charge >= 0.3 is 7.12 Å². The highest BCUT2D eigenvalue weighted by atomic mass is 32.1. The van der Waals surface area contributed by atoms with E-state index in [9.17, 15) is 0 Å². The third-order valence-electron chi connectivity index (χ3n) is 4.45. The van der Waals surface area contributed by atoms with Crippen LogP contribution in [0.1, 0.15) is 45.7 Å². The lowest BCUT2D eigenvalue weighted by molar-refractivity contribution is 0.00578. The highest BCUT2D eigenvalue weighted by molar-refractivity contribution is 7.80. The smallest absolute Gasteiger partial charge is 0.400 e. The molecule has 21 heavy (non-hydrogen) atoms. The minimum Gasteiger partial charge on any atom is -0.400 e. The Hall–Kier alpha value is -0.705. The average molecular weight is 304 g/mol. The fourth-order valence-electron chi connectivity index (χ4n) is 2.30. The zero-order valence-corrected chi connectivity index (χ0v) is 14.5. The molecule has 0 unspecified atom stereocenters. The van der Waals surface area contributed by atoms with Crippen LogP contribution in [0.15, 0.2) is 29.7 Å². The van der Waals surface area contributed by atoms with Gasteiger partial charge in [-0.1, -0.05) is 37.3 Å². The van der Waals surface area contributed by atoms with Crippen molar-refractivity contribution in [1.82, 2.24) is 0 Å². The Morgan fingerprint density at radius 3 is 2.33 bits per heavy atom. The Kier molecular flexibility index (Phi) is 4.91. The number of benzene rings is 1. The lowest BCUT2D eigenvalue weighted by atomic mass is 9.78. The van der Waals surface area contributed by atoms with Gasteiger partial charge in [0.15, 0.2) is 0 Å². The molecule has 0 bridgehead atoms. The van der Waals surface area contributed by atoms with Crippen LogP contribution in [0.4, 0.5) is 0 Å². The van der Waals surface area contributed by atoms with Crippen molar-refractivity contribution in [2.24, 2.45) is 0 Å². The average Bonchev–Trinajstić information content (AvgIpc) is 2.65. The standard InChI is InChI=1S/C17H25BO2S/c1-6-13-8-7-9-14(10-13)11-15(12-21)18-19-16(2,3)17(4,5)20-18/h7-11,21H,6,12H2,1-5H3. The van der Waals surface area contributed by atoms with E-state index in [0.717, 1.165) is 11.9 Å². The molecule has 0 aromatic heterocycles. The molecule has 0 amide bonds. The van der Waals surface area contributed by atoms with Crippen LogP contribution in [0.3, 0.4) is 0 Å². The van der Waals surface area contributed by atoms with Gasteiger partial charge in [0.05, 0.1) is 11.2 Å². The van der Waals surface area contributed by atoms with E-state index < -0.39 is 0 Å². The van der Waals surface area contributed by atoms with Crippen molar-refractivity contribution in [3.05, 3.63) is 40.9 Å². The number of hydrogen-bond donors (Lipinski definition) is 1. The summed E-state index contributed by atoms with van der Waals surface area (Å²) in [6.07, 6.45) is 3.17. The SMILES string of the molecule is CCc1cccc(C=C(CS)B2OC(C)(C)C(C)(C)O2)c1. The summed E-state index contributed by atoms with van der Waals surface area (Å²) >= 11 is 4.46. The van der Waals surface area contributed by atoms with E-state index >= 15 is 0 Å². The number of hydrogen-bond acceptors (Lipinski definition) is 3. The maximum absolute atomic E-state index is 6.11. The van der Waals surface area contributed by atoms with Gasteiger partial charge in [0, 0.05) is 5.75 Å². The molecule has 1 aromatic carbocycles.